The molecule has 0 bridgehead atoms. The first-order valence-corrected chi connectivity index (χ1v) is 4.22. The van der Waals surface area contributed by atoms with Crippen molar-refractivity contribution in [1.82, 2.24) is 0 Å². The van der Waals surface area contributed by atoms with Crippen LogP contribution in [0, 0.1) is 5.92 Å². The van der Waals surface area contributed by atoms with E-state index in [9.17, 15) is 4.79 Å². The summed E-state index contributed by atoms with van der Waals surface area (Å²) in [5.41, 5.74) is 0.827. The molecule has 3 nitrogen and oxygen atoms in total. The molecule has 0 aromatic heterocycles. The van der Waals surface area contributed by atoms with E-state index in [4.69, 9.17) is 0 Å². The zero-order valence-corrected chi connectivity index (χ0v) is 7.34. The molecule has 1 aliphatic rings. The van der Waals surface area contributed by atoms with E-state index in [0.717, 1.165) is 5.69 Å². The Hall–Kier alpha value is -1.64. The minimum absolute atomic E-state index is 0.0335. The van der Waals surface area contributed by atoms with E-state index in [1.54, 1.807) is 6.21 Å². The van der Waals surface area contributed by atoms with Crippen LogP contribution >= 0.6 is 0 Å². The highest BCUT2D eigenvalue weighted by atomic mass is 16.2. The standard InChI is InChI=1S/C10H10N2O/c1-8-7-11-12(10(8)13)9-5-3-2-4-6-9/h2-8H,1H3. The Labute approximate surface area is 76.7 Å². The first-order valence-electron chi connectivity index (χ1n) is 4.22. The van der Waals surface area contributed by atoms with Gasteiger partial charge in [0, 0.05) is 6.21 Å². The van der Waals surface area contributed by atoms with Crippen molar-refractivity contribution in [3.05, 3.63) is 30.3 Å². The first-order chi connectivity index (χ1) is 6.29. The number of hydrazone groups is 1. The van der Waals surface area contributed by atoms with Crippen molar-refractivity contribution in [2.24, 2.45) is 11.0 Å². The minimum atomic E-state index is -0.0970. The fourth-order valence-corrected chi connectivity index (χ4v) is 1.24. The quantitative estimate of drug-likeness (QED) is 0.637. The molecular weight excluding hydrogens is 164 g/mol. The summed E-state index contributed by atoms with van der Waals surface area (Å²) in [4.78, 5) is 11.5. The van der Waals surface area contributed by atoms with E-state index in [1.807, 2.05) is 37.3 Å². The van der Waals surface area contributed by atoms with Crippen LogP contribution in [-0.2, 0) is 4.79 Å². The van der Waals surface area contributed by atoms with Crippen molar-refractivity contribution in [1.29, 1.82) is 0 Å². The number of para-hydroxylation sites is 1. The van der Waals surface area contributed by atoms with Crippen molar-refractivity contribution >= 4 is 17.8 Å². The molecule has 0 saturated heterocycles. The molecule has 1 heterocycles. The smallest absolute Gasteiger partial charge is 0.255 e. The highest BCUT2D eigenvalue weighted by Gasteiger charge is 2.25. The van der Waals surface area contributed by atoms with E-state index < -0.39 is 0 Å². The fraction of sp³-hybridized carbons (Fsp3) is 0.200. The lowest BCUT2D eigenvalue weighted by Crippen LogP contribution is -2.24. The van der Waals surface area contributed by atoms with Gasteiger partial charge >= 0.3 is 0 Å². The van der Waals surface area contributed by atoms with Crippen LogP contribution in [0.25, 0.3) is 0 Å². The fourth-order valence-electron chi connectivity index (χ4n) is 1.24. The van der Waals surface area contributed by atoms with Crippen LogP contribution in [-0.4, -0.2) is 12.1 Å². The molecule has 66 valence electrons. The SMILES string of the molecule is CC1C=NN(c2ccccc2)C1=O. The summed E-state index contributed by atoms with van der Waals surface area (Å²) in [7, 11) is 0. The van der Waals surface area contributed by atoms with Crippen LogP contribution in [0.1, 0.15) is 6.92 Å². The predicted molar refractivity (Wildman–Crippen MR) is 51.6 cm³/mol. The molecule has 0 spiro atoms. The van der Waals surface area contributed by atoms with Crippen molar-refractivity contribution in [2.45, 2.75) is 6.92 Å². The summed E-state index contributed by atoms with van der Waals surface area (Å²) < 4.78 is 0. The molecule has 0 fully saturated rings. The molecule has 1 aromatic rings. The topological polar surface area (TPSA) is 32.7 Å². The molecule has 0 radical (unpaired) electrons. The van der Waals surface area contributed by atoms with E-state index >= 15 is 0 Å². The second kappa shape index (κ2) is 3.01. The van der Waals surface area contributed by atoms with Crippen molar-refractivity contribution in [3.63, 3.8) is 0 Å². The maximum atomic E-state index is 11.5. The predicted octanol–water partition coefficient (Wildman–Crippen LogP) is 1.66. The van der Waals surface area contributed by atoms with Crippen LogP contribution < -0.4 is 5.01 Å². The van der Waals surface area contributed by atoms with Crippen molar-refractivity contribution < 1.29 is 4.79 Å². The number of carbonyl (C=O) groups is 1. The molecule has 2 rings (SSSR count). The van der Waals surface area contributed by atoms with E-state index in [0.29, 0.717) is 0 Å². The van der Waals surface area contributed by atoms with Crippen LogP contribution in [0.4, 0.5) is 5.69 Å². The molecule has 3 heteroatoms. The van der Waals surface area contributed by atoms with Gasteiger partial charge in [0.2, 0.25) is 0 Å². The number of anilines is 1. The van der Waals surface area contributed by atoms with Gasteiger partial charge in [0.05, 0.1) is 11.6 Å². The van der Waals surface area contributed by atoms with Gasteiger partial charge in [-0.1, -0.05) is 18.2 Å². The first kappa shape index (κ1) is 7.98. The molecule has 13 heavy (non-hydrogen) atoms. The molecule has 0 saturated carbocycles. The Morgan fingerprint density at radius 2 is 2.00 bits per heavy atom. The highest BCUT2D eigenvalue weighted by Crippen LogP contribution is 2.19. The summed E-state index contributed by atoms with van der Waals surface area (Å²) in [5, 5.41) is 5.46. The Kier molecular flexibility index (Phi) is 1.85. The molecular formula is C10H10N2O. The maximum Gasteiger partial charge on any atom is 0.255 e. The minimum Gasteiger partial charge on any atom is -0.272 e. The van der Waals surface area contributed by atoms with Gasteiger partial charge in [-0.25, -0.2) is 5.01 Å². The molecule has 0 N–H and O–H groups in total. The van der Waals surface area contributed by atoms with Gasteiger partial charge in [-0.05, 0) is 19.1 Å². The third-order valence-corrected chi connectivity index (χ3v) is 2.00. The second-order valence-electron chi connectivity index (χ2n) is 3.04. The van der Waals surface area contributed by atoms with E-state index in [-0.39, 0.29) is 11.8 Å². The van der Waals surface area contributed by atoms with Gasteiger partial charge in [-0.15, -0.1) is 0 Å². The molecule has 1 amide bonds. The highest BCUT2D eigenvalue weighted by molar-refractivity contribution is 6.07. The van der Waals surface area contributed by atoms with E-state index in [2.05, 4.69) is 5.10 Å². The Bertz CT molecular complexity index is 345. The number of amides is 1. The van der Waals surface area contributed by atoms with Gasteiger partial charge in [0.1, 0.15) is 0 Å². The molecule has 1 aliphatic heterocycles. The van der Waals surface area contributed by atoms with Gasteiger partial charge < -0.3 is 0 Å². The lowest BCUT2D eigenvalue weighted by molar-refractivity contribution is -0.119. The molecule has 1 aromatic carbocycles. The van der Waals surface area contributed by atoms with Gasteiger partial charge in [0.15, 0.2) is 0 Å². The molecule has 1 unspecified atom stereocenters. The zero-order valence-electron chi connectivity index (χ0n) is 7.34. The molecule has 1 atom stereocenters. The summed E-state index contributed by atoms with van der Waals surface area (Å²) in [6.45, 7) is 1.84. The normalized spacial score (nSPS) is 21.2. The Morgan fingerprint density at radius 3 is 2.54 bits per heavy atom. The monoisotopic (exact) mass is 174 g/mol. The number of hydrogen-bond acceptors (Lipinski definition) is 2. The van der Waals surface area contributed by atoms with Crippen molar-refractivity contribution in [2.75, 3.05) is 5.01 Å². The van der Waals surface area contributed by atoms with Gasteiger partial charge in [0.25, 0.3) is 5.91 Å². The van der Waals surface area contributed by atoms with Crippen LogP contribution in [0.5, 0.6) is 0 Å². The zero-order chi connectivity index (χ0) is 9.26. The van der Waals surface area contributed by atoms with Crippen LogP contribution in [0.2, 0.25) is 0 Å². The number of nitrogens with zero attached hydrogens (tertiary/aromatic N) is 2. The average Bonchev–Trinajstić information content (AvgIpc) is 2.49. The van der Waals surface area contributed by atoms with Crippen LogP contribution in [0.15, 0.2) is 35.4 Å². The molecule has 0 aliphatic carbocycles. The lowest BCUT2D eigenvalue weighted by Gasteiger charge is -2.11. The number of benzene rings is 1. The number of rotatable bonds is 1. The summed E-state index contributed by atoms with van der Waals surface area (Å²) in [6, 6.07) is 9.43. The number of hydrogen-bond donors (Lipinski definition) is 0. The van der Waals surface area contributed by atoms with Crippen molar-refractivity contribution in [3.8, 4) is 0 Å². The second-order valence-corrected chi connectivity index (χ2v) is 3.04. The number of carbonyl (C=O) groups excluding carboxylic acids is 1. The third kappa shape index (κ3) is 1.33. The van der Waals surface area contributed by atoms with Gasteiger partial charge in [-0.2, -0.15) is 5.10 Å². The largest absolute Gasteiger partial charge is 0.272 e. The Balaban J connectivity index is 2.30. The lowest BCUT2D eigenvalue weighted by atomic mass is 10.2. The van der Waals surface area contributed by atoms with Crippen LogP contribution in [0.3, 0.4) is 0 Å². The average molecular weight is 174 g/mol. The summed E-state index contributed by atoms with van der Waals surface area (Å²) in [5.74, 6) is -0.0635. The summed E-state index contributed by atoms with van der Waals surface area (Å²) >= 11 is 0. The van der Waals surface area contributed by atoms with E-state index in [1.165, 1.54) is 5.01 Å². The van der Waals surface area contributed by atoms with Gasteiger partial charge in [-0.3, -0.25) is 4.79 Å². The summed E-state index contributed by atoms with van der Waals surface area (Å²) in [6.07, 6.45) is 1.66. The Morgan fingerprint density at radius 1 is 1.31 bits per heavy atom. The maximum absolute atomic E-state index is 11.5. The third-order valence-electron chi connectivity index (χ3n) is 2.00.